The Morgan fingerprint density at radius 1 is 0.825 bits per heavy atom. The molecule has 4 aromatic rings. The Labute approximate surface area is 229 Å². The van der Waals surface area contributed by atoms with Crippen molar-refractivity contribution in [2.75, 3.05) is 21.3 Å². The molecule has 0 aromatic carbocycles. The molecule has 0 aliphatic heterocycles. The number of carbonyl (C=O) groups excluding carboxylic acids is 2. The quantitative estimate of drug-likeness (QED) is 0.223. The molecule has 3 amide bonds. The predicted octanol–water partition coefficient (Wildman–Crippen LogP) is 4.03. The zero-order valence-corrected chi connectivity index (χ0v) is 21.6. The van der Waals surface area contributed by atoms with Gasteiger partial charge < -0.3 is 26.6 Å². The third kappa shape index (κ3) is 5.92. The zero-order chi connectivity index (χ0) is 27.5. The topological polar surface area (TPSA) is 150 Å². The maximum atomic E-state index is 14.1. The Bertz CT molecular complexity index is 1520. The summed E-state index contributed by atoms with van der Waals surface area (Å²) in [6.45, 7) is 0. The fraction of sp³-hybridized carbons (Fsp3) is 0.333. The molecule has 6 rings (SSSR count). The molecule has 4 aromatic heterocycles. The van der Waals surface area contributed by atoms with Crippen LogP contribution in [0.2, 0.25) is 0 Å². The van der Waals surface area contributed by atoms with E-state index in [0.717, 1.165) is 50.4 Å². The van der Waals surface area contributed by atoms with Crippen molar-refractivity contribution in [1.29, 1.82) is 0 Å². The van der Waals surface area contributed by atoms with Gasteiger partial charge in [0.2, 0.25) is 0 Å². The summed E-state index contributed by atoms with van der Waals surface area (Å²) in [4.78, 5) is 37.5. The van der Waals surface area contributed by atoms with Gasteiger partial charge in [-0.05, 0) is 56.7 Å². The van der Waals surface area contributed by atoms with Crippen LogP contribution in [0.3, 0.4) is 0 Å². The van der Waals surface area contributed by atoms with E-state index in [1.54, 1.807) is 24.5 Å². The van der Waals surface area contributed by atoms with Crippen LogP contribution in [0.5, 0.6) is 0 Å². The smallest absolute Gasteiger partial charge is 0.319 e. The van der Waals surface area contributed by atoms with Gasteiger partial charge in [0.15, 0.2) is 17.2 Å². The van der Waals surface area contributed by atoms with Crippen LogP contribution in [-0.4, -0.2) is 54.6 Å². The van der Waals surface area contributed by atoms with E-state index in [1.807, 2.05) is 6.07 Å². The molecule has 0 saturated heterocycles. The number of nitrogens with one attached hydrogen (secondary N) is 5. The molecule has 0 radical (unpaired) electrons. The molecule has 5 N–H and O–H groups in total. The van der Waals surface area contributed by atoms with Crippen molar-refractivity contribution in [2.24, 2.45) is 0 Å². The number of amides is 3. The van der Waals surface area contributed by atoms with Crippen LogP contribution in [0.1, 0.15) is 49.0 Å². The third-order valence-electron chi connectivity index (χ3n) is 7.01. The van der Waals surface area contributed by atoms with E-state index in [9.17, 15) is 14.0 Å². The molecule has 2 aliphatic carbocycles. The highest BCUT2D eigenvalue weighted by molar-refractivity contribution is 6.03. The van der Waals surface area contributed by atoms with Gasteiger partial charge in [0.25, 0.3) is 5.91 Å². The standard InChI is InChI=1S/C27H29FN10O2/c28-20-14-30-12-9-21(20)36-26(39)23-15-31-25-22(32-16-1-2-16)13-24(37-38(23)25)33-17-3-5-18(6-4-17)34-27(40)35-19-7-10-29-11-8-19/h7-18,32H,1-6H2,(H,33,37)(H,30,36,39)(H2,29,34,35,40)/t17-,18-. The van der Waals surface area contributed by atoms with Gasteiger partial charge in [-0.15, -0.1) is 5.10 Å². The molecule has 12 nitrogen and oxygen atoms in total. The summed E-state index contributed by atoms with van der Waals surface area (Å²) in [5.41, 5.74) is 2.20. The van der Waals surface area contributed by atoms with E-state index in [-0.39, 0.29) is 29.5 Å². The van der Waals surface area contributed by atoms with Crippen molar-refractivity contribution < 1.29 is 14.0 Å². The highest BCUT2D eigenvalue weighted by Gasteiger charge is 2.26. The molecule has 2 aliphatic rings. The number of nitrogens with zero attached hydrogens (tertiary/aromatic N) is 5. The molecule has 2 saturated carbocycles. The van der Waals surface area contributed by atoms with E-state index in [4.69, 9.17) is 0 Å². The summed E-state index contributed by atoms with van der Waals surface area (Å²) < 4.78 is 15.6. The number of hydrogen-bond acceptors (Lipinski definition) is 8. The number of hydrogen-bond donors (Lipinski definition) is 5. The summed E-state index contributed by atoms with van der Waals surface area (Å²) >= 11 is 0. The Kier molecular flexibility index (Phi) is 7.08. The van der Waals surface area contributed by atoms with Crippen LogP contribution in [0.4, 0.5) is 32.1 Å². The highest BCUT2D eigenvalue weighted by atomic mass is 19.1. The van der Waals surface area contributed by atoms with E-state index in [2.05, 4.69) is 46.6 Å². The molecule has 0 unspecified atom stereocenters. The largest absolute Gasteiger partial charge is 0.379 e. The maximum Gasteiger partial charge on any atom is 0.319 e. The molecule has 2 fully saturated rings. The lowest BCUT2D eigenvalue weighted by Crippen LogP contribution is -2.42. The van der Waals surface area contributed by atoms with Crippen molar-refractivity contribution in [3.05, 3.63) is 66.8 Å². The Hall–Kier alpha value is -4.81. The first-order chi connectivity index (χ1) is 19.5. The second-order valence-corrected chi connectivity index (χ2v) is 10.1. The third-order valence-corrected chi connectivity index (χ3v) is 7.01. The summed E-state index contributed by atoms with van der Waals surface area (Å²) in [5.74, 6) is -0.558. The van der Waals surface area contributed by atoms with Crippen molar-refractivity contribution in [1.82, 2.24) is 29.9 Å². The molecule has 206 valence electrons. The van der Waals surface area contributed by atoms with Crippen molar-refractivity contribution in [3.8, 4) is 0 Å². The summed E-state index contributed by atoms with van der Waals surface area (Å²) in [5, 5.41) is 20.1. The number of aromatic nitrogens is 5. The van der Waals surface area contributed by atoms with Crippen molar-refractivity contribution >= 4 is 40.5 Å². The minimum atomic E-state index is -0.629. The average molecular weight is 545 g/mol. The highest BCUT2D eigenvalue weighted by Crippen LogP contribution is 2.30. The lowest BCUT2D eigenvalue weighted by atomic mass is 9.91. The Morgan fingerprint density at radius 3 is 2.27 bits per heavy atom. The number of anilines is 4. The van der Waals surface area contributed by atoms with Crippen LogP contribution in [0.15, 0.2) is 55.2 Å². The number of urea groups is 1. The van der Waals surface area contributed by atoms with Gasteiger partial charge >= 0.3 is 6.03 Å². The second kappa shape index (κ2) is 11.1. The normalized spacial score (nSPS) is 18.6. The van der Waals surface area contributed by atoms with Gasteiger partial charge in [0, 0.05) is 48.5 Å². The first kappa shape index (κ1) is 25.5. The molecular weight excluding hydrogens is 515 g/mol. The molecule has 4 heterocycles. The number of carbonyl (C=O) groups is 2. The summed E-state index contributed by atoms with van der Waals surface area (Å²) in [6.07, 6.45) is 12.6. The molecule has 0 atom stereocenters. The first-order valence-electron chi connectivity index (χ1n) is 13.3. The van der Waals surface area contributed by atoms with E-state index in [1.165, 1.54) is 23.0 Å². The zero-order valence-electron chi connectivity index (χ0n) is 21.6. The molecule has 13 heteroatoms. The lowest BCUT2D eigenvalue weighted by molar-refractivity contribution is 0.102. The number of fused-ring (bicyclic) bond motifs is 1. The van der Waals surface area contributed by atoms with E-state index in [0.29, 0.717) is 23.2 Å². The molecular formula is C27H29FN10O2. The summed E-state index contributed by atoms with van der Waals surface area (Å²) in [7, 11) is 0. The number of rotatable bonds is 8. The number of halogens is 1. The van der Waals surface area contributed by atoms with Gasteiger partial charge in [-0.25, -0.2) is 18.7 Å². The van der Waals surface area contributed by atoms with Gasteiger partial charge in [0.05, 0.1) is 23.8 Å². The van der Waals surface area contributed by atoms with Crippen molar-refractivity contribution in [2.45, 2.75) is 56.7 Å². The van der Waals surface area contributed by atoms with Gasteiger partial charge in [-0.3, -0.25) is 14.8 Å². The van der Waals surface area contributed by atoms with Crippen LogP contribution >= 0.6 is 0 Å². The monoisotopic (exact) mass is 544 g/mol. The van der Waals surface area contributed by atoms with E-state index >= 15 is 0 Å². The van der Waals surface area contributed by atoms with Gasteiger partial charge in [0.1, 0.15) is 5.82 Å². The first-order valence-corrected chi connectivity index (χ1v) is 13.3. The van der Waals surface area contributed by atoms with Crippen LogP contribution in [0, 0.1) is 5.82 Å². The molecule has 40 heavy (non-hydrogen) atoms. The number of pyridine rings is 2. The van der Waals surface area contributed by atoms with E-state index < -0.39 is 11.7 Å². The SMILES string of the molecule is O=C(Nc1ccncc1)N[C@H]1CC[C@H](Nc2cc(NC3CC3)c3ncc(C(=O)Nc4ccncc4F)n3n2)CC1. The average Bonchev–Trinajstić information content (AvgIpc) is 3.66. The fourth-order valence-corrected chi connectivity index (χ4v) is 4.79. The van der Waals surface area contributed by atoms with Crippen LogP contribution in [-0.2, 0) is 0 Å². The number of imidazole rings is 1. The van der Waals surface area contributed by atoms with Crippen molar-refractivity contribution in [3.63, 3.8) is 0 Å². The molecule has 0 bridgehead atoms. The predicted molar refractivity (Wildman–Crippen MR) is 148 cm³/mol. The lowest BCUT2D eigenvalue weighted by Gasteiger charge is -2.30. The Balaban J connectivity index is 1.13. The second-order valence-electron chi connectivity index (χ2n) is 10.1. The Morgan fingerprint density at radius 2 is 1.52 bits per heavy atom. The van der Waals surface area contributed by atoms with Gasteiger partial charge in [-0.1, -0.05) is 0 Å². The fourth-order valence-electron chi connectivity index (χ4n) is 4.79. The minimum Gasteiger partial charge on any atom is -0.379 e. The van der Waals surface area contributed by atoms with Gasteiger partial charge in [-0.2, -0.15) is 0 Å². The van der Waals surface area contributed by atoms with Crippen LogP contribution in [0.25, 0.3) is 5.65 Å². The maximum absolute atomic E-state index is 14.1. The summed E-state index contributed by atoms with van der Waals surface area (Å²) in [6, 6.07) is 7.13. The molecule has 0 spiro atoms. The van der Waals surface area contributed by atoms with Crippen LogP contribution < -0.4 is 26.6 Å². The minimum absolute atomic E-state index is 0.0281.